The third-order valence-electron chi connectivity index (χ3n) is 8.93. The van der Waals surface area contributed by atoms with Gasteiger partial charge in [0.2, 0.25) is 53.2 Å². The zero-order valence-electron chi connectivity index (χ0n) is 32.1. The quantitative estimate of drug-likeness (QED) is 0.0408. The second-order valence-corrected chi connectivity index (χ2v) is 13.5. The lowest BCUT2D eigenvalue weighted by molar-refractivity contribution is -0.147. The van der Waals surface area contributed by atoms with E-state index in [2.05, 4.69) is 31.9 Å². The lowest BCUT2D eigenvalue weighted by Gasteiger charge is -2.31. The van der Waals surface area contributed by atoms with Crippen molar-refractivity contribution in [2.75, 3.05) is 13.1 Å². The average molecular weight is 829 g/mol. The second-order valence-electron chi connectivity index (χ2n) is 13.5. The summed E-state index contributed by atoms with van der Waals surface area (Å²) in [6.07, 6.45) is -3.01. The van der Waals surface area contributed by atoms with E-state index in [0.29, 0.717) is 0 Å². The zero-order chi connectivity index (χ0) is 44.4. The molecule has 1 heterocycles. The van der Waals surface area contributed by atoms with Crippen LogP contribution in [0.25, 0.3) is 0 Å². The monoisotopic (exact) mass is 828 g/mol. The van der Waals surface area contributed by atoms with Crippen LogP contribution in [-0.4, -0.2) is 147 Å². The Morgan fingerprint density at radius 2 is 1.24 bits per heavy atom. The first-order valence-corrected chi connectivity index (χ1v) is 18.1. The molecule has 58 heavy (non-hydrogen) atoms. The van der Waals surface area contributed by atoms with Gasteiger partial charge in [0.15, 0.2) is 0 Å². The summed E-state index contributed by atoms with van der Waals surface area (Å²) in [5.41, 5.74) is 15.5. The van der Waals surface area contributed by atoms with Gasteiger partial charge in [0, 0.05) is 13.0 Å². The molecule has 1 rings (SSSR count). The normalized spacial score (nSPS) is 17.0. The molecule has 0 bridgehead atoms. The third kappa shape index (κ3) is 16.4. The van der Waals surface area contributed by atoms with Crippen molar-refractivity contribution >= 4 is 71.1 Å². The maximum absolute atomic E-state index is 13.7. The van der Waals surface area contributed by atoms with Gasteiger partial charge in [-0.3, -0.25) is 52.7 Å². The predicted octanol–water partition coefficient (Wildman–Crippen LogP) is -5.91. The van der Waals surface area contributed by atoms with Crippen LogP contribution in [0, 0.1) is 5.92 Å². The molecule has 0 aromatic rings. The topological polar surface area (TPSA) is 419 Å². The van der Waals surface area contributed by atoms with Crippen LogP contribution in [0.15, 0.2) is 0 Å². The smallest absolute Gasteiger partial charge is 0.326 e. The van der Waals surface area contributed by atoms with Gasteiger partial charge in [-0.2, -0.15) is 0 Å². The first-order valence-electron chi connectivity index (χ1n) is 18.1. The minimum Gasteiger partial charge on any atom is -0.481 e. The number of amides is 9. The molecule has 1 aliphatic rings. The van der Waals surface area contributed by atoms with Crippen LogP contribution in [0.1, 0.15) is 72.1 Å². The van der Waals surface area contributed by atoms with Gasteiger partial charge in [0.05, 0.1) is 25.8 Å². The molecule has 0 spiro atoms. The minimum absolute atomic E-state index is 0.0221. The molecule has 25 nitrogen and oxygen atoms in total. The van der Waals surface area contributed by atoms with Gasteiger partial charge in [-0.05, 0) is 32.1 Å². The summed E-state index contributed by atoms with van der Waals surface area (Å²) in [6.45, 7) is 3.66. The number of hydrogen-bond donors (Lipinski definition) is 12. The highest BCUT2D eigenvalue weighted by Gasteiger charge is 2.41. The summed E-state index contributed by atoms with van der Waals surface area (Å²) < 4.78 is 0. The predicted molar refractivity (Wildman–Crippen MR) is 195 cm³/mol. The van der Waals surface area contributed by atoms with Crippen LogP contribution in [0.5, 0.6) is 0 Å². The Bertz CT molecular complexity index is 1610. The summed E-state index contributed by atoms with van der Waals surface area (Å²) in [6, 6.07) is -11.0. The number of aliphatic carboxylic acids is 3. The molecule has 0 radical (unpaired) electrons. The van der Waals surface area contributed by atoms with Crippen LogP contribution in [0.3, 0.4) is 0 Å². The Morgan fingerprint density at radius 1 is 0.672 bits per heavy atom. The van der Waals surface area contributed by atoms with E-state index in [4.69, 9.17) is 22.3 Å². The fourth-order valence-corrected chi connectivity index (χ4v) is 5.63. The summed E-state index contributed by atoms with van der Waals surface area (Å²) in [7, 11) is 0. The van der Waals surface area contributed by atoms with E-state index < -0.39 is 158 Å². The summed E-state index contributed by atoms with van der Waals surface area (Å²) >= 11 is 0. The fraction of sp³-hybridized carbons (Fsp3) is 0.636. The minimum atomic E-state index is -1.81. The van der Waals surface area contributed by atoms with E-state index in [1.165, 1.54) is 6.92 Å². The Kier molecular flexibility index (Phi) is 20.2. The highest BCUT2D eigenvalue weighted by molar-refractivity contribution is 5.99. The third-order valence-corrected chi connectivity index (χ3v) is 8.93. The second kappa shape index (κ2) is 23.6. The van der Waals surface area contributed by atoms with Crippen LogP contribution >= 0.6 is 0 Å². The van der Waals surface area contributed by atoms with Crippen LogP contribution in [0.2, 0.25) is 0 Å². The molecule has 25 heteroatoms. The van der Waals surface area contributed by atoms with E-state index in [0.717, 1.165) is 11.8 Å². The molecule has 8 atom stereocenters. The van der Waals surface area contributed by atoms with Gasteiger partial charge < -0.3 is 69.3 Å². The Hall–Kier alpha value is -6.40. The van der Waals surface area contributed by atoms with Gasteiger partial charge >= 0.3 is 17.9 Å². The van der Waals surface area contributed by atoms with Gasteiger partial charge in [0.25, 0.3) is 0 Å². The van der Waals surface area contributed by atoms with E-state index >= 15 is 0 Å². The Labute approximate surface area is 331 Å². The average Bonchev–Trinajstić information content (AvgIpc) is 3.63. The van der Waals surface area contributed by atoms with Crippen LogP contribution in [0.4, 0.5) is 0 Å². The van der Waals surface area contributed by atoms with E-state index in [1.54, 1.807) is 6.92 Å². The number of nitrogens with zero attached hydrogens (tertiary/aromatic N) is 1. The van der Waals surface area contributed by atoms with Gasteiger partial charge in [-0.15, -0.1) is 0 Å². The molecule has 0 aromatic carbocycles. The fourth-order valence-electron chi connectivity index (χ4n) is 5.63. The maximum atomic E-state index is 13.7. The molecule has 1 fully saturated rings. The number of carbonyl (C=O) groups excluding carboxylic acids is 9. The summed E-state index contributed by atoms with van der Waals surface area (Å²) in [4.78, 5) is 150. The molecule has 0 aliphatic carbocycles. The number of likely N-dealkylation sites (tertiary alicyclic amines) is 1. The molecule has 1 aliphatic heterocycles. The molecule has 324 valence electrons. The SMILES string of the molecule is CC[C@H](C)[C@H](NC(=O)[C@H](CCC(N)=O)NC(=O)[C@H](C)NC(=O)[C@H](CC(=O)O)NC(=O)CN)C(=O)N[C@@H](CC(=O)O)C(=O)N1CCC[C@H]1C(=O)N[C@@H](CC(N)=O)C(=O)O. The standard InChI is InChI=1S/C33H52N10O15/c1-4-14(2)26(31(55)40-18(12-25(49)50)32(56)43-9-5-6-20(43)30(54)41-19(33(57)58)10-22(36)45)42-28(52)16(7-8-21(35)44)39-27(51)15(3)37-29(53)17(11-24(47)48)38-23(46)13-34/h14-20,26H,4-13,34H2,1-3H3,(H2,35,44)(H2,36,45)(H,37,53)(H,38,46)(H,39,51)(H,40,55)(H,41,54)(H,42,52)(H,47,48)(H,49,50)(H,57,58)/t14-,15-,16-,17-,18-,19-,20-,26-/m0/s1. The molecule has 0 aromatic heterocycles. The number of nitrogens with one attached hydrogen (secondary N) is 6. The lowest BCUT2D eigenvalue weighted by atomic mass is 9.96. The van der Waals surface area contributed by atoms with Crippen LogP contribution in [-0.2, 0) is 57.5 Å². The first-order chi connectivity index (χ1) is 27.0. The molecule has 0 unspecified atom stereocenters. The lowest BCUT2D eigenvalue weighted by Crippen LogP contribution is -2.61. The highest BCUT2D eigenvalue weighted by Crippen LogP contribution is 2.20. The summed E-state index contributed by atoms with van der Waals surface area (Å²) in [5.74, 6) is -14.3. The van der Waals surface area contributed by atoms with Crippen LogP contribution < -0.4 is 49.1 Å². The van der Waals surface area contributed by atoms with Crippen molar-refractivity contribution in [3.05, 3.63) is 0 Å². The number of primary amides is 2. The number of carboxylic acid groups (broad SMARTS) is 3. The molecule has 15 N–H and O–H groups in total. The number of hydrogen-bond acceptors (Lipinski definition) is 13. The number of rotatable bonds is 25. The first kappa shape index (κ1) is 49.6. The van der Waals surface area contributed by atoms with Crippen molar-refractivity contribution in [1.29, 1.82) is 0 Å². The van der Waals surface area contributed by atoms with Gasteiger partial charge in [-0.25, -0.2) is 4.79 Å². The highest BCUT2D eigenvalue weighted by atomic mass is 16.4. The molecule has 0 saturated carbocycles. The van der Waals surface area contributed by atoms with E-state index in [9.17, 15) is 67.7 Å². The molecular weight excluding hydrogens is 776 g/mol. The van der Waals surface area contributed by atoms with Crippen molar-refractivity contribution in [1.82, 2.24) is 36.8 Å². The molecule has 9 amide bonds. The Morgan fingerprint density at radius 3 is 1.76 bits per heavy atom. The zero-order valence-corrected chi connectivity index (χ0v) is 32.1. The van der Waals surface area contributed by atoms with Crippen molar-refractivity contribution in [3.63, 3.8) is 0 Å². The van der Waals surface area contributed by atoms with E-state index in [1.807, 2.05) is 0 Å². The maximum Gasteiger partial charge on any atom is 0.326 e. The van der Waals surface area contributed by atoms with Gasteiger partial charge in [0.1, 0.15) is 42.3 Å². The largest absolute Gasteiger partial charge is 0.481 e. The number of carbonyl (C=O) groups is 12. The molecular formula is C33H52N10O15. The van der Waals surface area contributed by atoms with Crippen molar-refractivity contribution in [2.45, 2.75) is 114 Å². The molecule has 1 saturated heterocycles. The van der Waals surface area contributed by atoms with Gasteiger partial charge in [-0.1, -0.05) is 20.3 Å². The van der Waals surface area contributed by atoms with Crippen molar-refractivity contribution < 1.29 is 72.9 Å². The summed E-state index contributed by atoms with van der Waals surface area (Å²) in [5, 5.41) is 41.6. The van der Waals surface area contributed by atoms with Crippen molar-refractivity contribution in [2.24, 2.45) is 23.1 Å². The Balaban J connectivity index is 3.29. The van der Waals surface area contributed by atoms with E-state index in [-0.39, 0.29) is 25.8 Å². The number of carboxylic acids is 3. The van der Waals surface area contributed by atoms with Crippen molar-refractivity contribution in [3.8, 4) is 0 Å². The number of nitrogens with two attached hydrogens (primary N) is 3.